The SMILES string of the molecule is CCCCC/C=C/CC/C=C/CC/C=C/C(O)C(COC1OC(CO)C(O)C(O)C1O)NC(=O)CCCCCCC/C=C\CCCCCC. The van der Waals surface area contributed by atoms with E-state index in [1.165, 1.54) is 51.4 Å². The Morgan fingerprint density at radius 2 is 1.16 bits per heavy atom. The lowest BCUT2D eigenvalue weighted by Crippen LogP contribution is -2.60. The summed E-state index contributed by atoms with van der Waals surface area (Å²) in [5.41, 5.74) is 0. The topological polar surface area (TPSA) is 149 Å². The first-order chi connectivity index (χ1) is 23.8. The first kappa shape index (κ1) is 45.2. The van der Waals surface area contributed by atoms with Crippen LogP contribution in [-0.4, -0.2) is 87.5 Å². The van der Waals surface area contributed by atoms with Gasteiger partial charge in [0.15, 0.2) is 6.29 Å². The fourth-order valence-corrected chi connectivity index (χ4v) is 5.65. The first-order valence-electron chi connectivity index (χ1n) is 19.4. The molecule has 0 aromatic carbocycles. The van der Waals surface area contributed by atoms with E-state index in [0.717, 1.165) is 70.6 Å². The molecule has 1 fully saturated rings. The second-order valence-corrected chi connectivity index (χ2v) is 13.3. The van der Waals surface area contributed by atoms with Gasteiger partial charge in [-0.3, -0.25) is 4.79 Å². The molecule has 1 aliphatic rings. The van der Waals surface area contributed by atoms with Gasteiger partial charge in [0.1, 0.15) is 24.4 Å². The van der Waals surface area contributed by atoms with Gasteiger partial charge in [-0.15, -0.1) is 0 Å². The second-order valence-electron chi connectivity index (χ2n) is 13.3. The number of ether oxygens (including phenoxy) is 2. The van der Waals surface area contributed by atoms with Crippen molar-refractivity contribution in [2.75, 3.05) is 13.2 Å². The van der Waals surface area contributed by atoms with Crippen molar-refractivity contribution in [3.8, 4) is 0 Å². The molecule has 1 aliphatic heterocycles. The van der Waals surface area contributed by atoms with Gasteiger partial charge >= 0.3 is 0 Å². The van der Waals surface area contributed by atoms with Gasteiger partial charge in [0.05, 0.1) is 25.4 Å². The predicted octanol–water partition coefficient (Wildman–Crippen LogP) is 6.72. The van der Waals surface area contributed by atoms with Crippen LogP contribution in [0.3, 0.4) is 0 Å². The Hall–Kier alpha value is -1.85. The molecule has 0 spiro atoms. The van der Waals surface area contributed by atoms with E-state index in [2.05, 4.69) is 55.6 Å². The first-order valence-corrected chi connectivity index (χ1v) is 19.4. The van der Waals surface area contributed by atoms with E-state index in [9.17, 15) is 30.3 Å². The average molecular weight is 694 g/mol. The lowest BCUT2D eigenvalue weighted by Gasteiger charge is -2.40. The van der Waals surface area contributed by atoms with Crippen molar-refractivity contribution in [3.63, 3.8) is 0 Å². The Kier molecular flexibility index (Phi) is 28.5. The quantitative estimate of drug-likeness (QED) is 0.0359. The molecule has 9 nitrogen and oxygen atoms in total. The molecule has 0 aromatic heterocycles. The molecule has 1 rings (SSSR count). The Morgan fingerprint density at radius 3 is 1.76 bits per heavy atom. The van der Waals surface area contributed by atoms with Crippen LogP contribution >= 0.6 is 0 Å². The van der Waals surface area contributed by atoms with Gasteiger partial charge in [-0.2, -0.15) is 0 Å². The van der Waals surface area contributed by atoms with Crippen LogP contribution in [0.25, 0.3) is 0 Å². The average Bonchev–Trinajstić information content (AvgIpc) is 3.10. The number of rotatable bonds is 30. The summed E-state index contributed by atoms with van der Waals surface area (Å²) >= 11 is 0. The van der Waals surface area contributed by atoms with Crippen LogP contribution in [0.1, 0.15) is 142 Å². The summed E-state index contributed by atoms with van der Waals surface area (Å²) in [5.74, 6) is -0.205. The summed E-state index contributed by atoms with van der Waals surface area (Å²) in [6, 6.07) is -0.829. The highest BCUT2D eigenvalue weighted by molar-refractivity contribution is 5.76. The highest BCUT2D eigenvalue weighted by atomic mass is 16.7. The molecule has 0 aromatic rings. The lowest BCUT2D eigenvalue weighted by molar-refractivity contribution is -0.302. The molecule has 1 saturated heterocycles. The van der Waals surface area contributed by atoms with Crippen molar-refractivity contribution in [3.05, 3.63) is 48.6 Å². The molecule has 284 valence electrons. The van der Waals surface area contributed by atoms with Crippen LogP contribution in [-0.2, 0) is 14.3 Å². The molecule has 49 heavy (non-hydrogen) atoms. The van der Waals surface area contributed by atoms with E-state index in [0.29, 0.717) is 6.42 Å². The summed E-state index contributed by atoms with van der Waals surface area (Å²) in [6.45, 7) is 3.66. The van der Waals surface area contributed by atoms with Crippen molar-refractivity contribution in [2.45, 2.75) is 185 Å². The standard InChI is InChI=1S/C40H71NO8/c1-3-5-7-9-11-13-15-17-19-21-23-25-27-29-34(43)33(32-48-40-39(47)38(46)37(45)35(31-42)49-40)41-36(44)30-28-26-24-22-20-18-16-14-12-10-8-6-4-2/h11,13-14,16,19,21,27,29,33-35,37-40,42-43,45-47H,3-10,12,15,17-18,20,22-26,28,30-32H2,1-2H3,(H,41,44)/b13-11+,16-14-,21-19+,29-27+. The largest absolute Gasteiger partial charge is 0.394 e. The van der Waals surface area contributed by atoms with Crippen molar-refractivity contribution in [2.24, 2.45) is 0 Å². The van der Waals surface area contributed by atoms with Crippen LogP contribution in [0.2, 0.25) is 0 Å². The van der Waals surface area contributed by atoms with Gasteiger partial charge in [-0.1, -0.05) is 114 Å². The monoisotopic (exact) mass is 694 g/mol. The molecule has 1 amide bonds. The van der Waals surface area contributed by atoms with E-state index in [1.54, 1.807) is 6.08 Å². The molecule has 0 radical (unpaired) electrons. The van der Waals surface area contributed by atoms with Crippen molar-refractivity contribution in [1.29, 1.82) is 0 Å². The number of carbonyl (C=O) groups is 1. The summed E-state index contributed by atoms with van der Waals surface area (Å²) in [6.07, 6.45) is 30.1. The van der Waals surface area contributed by atoms with Crippen molar-refractivity contribution < 1.29 is 39.8 Å². The molecule has 1 heterocycles. The summed E-state index contributed by atoms with van der Waals surface area (Å²) in [7, 11) is 0. The predicted molar refractivity (Wildman–Crippen MR) is 198 cm³/mol. The number of aliphatic hydroxyl groups excluding tert-OH is 5. The number of aliphatic hydroxyl groups is 5. The van der Waals surface area contributed by atoms with Crippen molar-refractivity contribution >= 4 is 5.91 Å². The maximum Gasteiger partial charge on any atom is 0.220 e. The third-order valence-corrected chi connectivity index (χ3v) is 8.85. The maximum atomic E-state index is 12.8. The lowest BCUT2D eigenvalue weighted by atomic mass is 9.99. The molecule has 7 atom stereocenters. The summed E-state index contributed by atoms with van der Waals surface area (Å²) < 4.78 is 11.1. The van der Waals surface area contributed by atoms with E-state index < -0.39 is 49.5 Å². The Morgan fingerprint density at radius 1 is 0.673 bits per heavy atom. The zero-order valence-electron chi connectivity index (χ0n) is 30.7. The molecular formula is C40H71NO8. The van der Waals surface area contributed by atoms with Gasteiger partial charge < -0.3 is 40.3 Å². The molecule has 9 heteroatoms. The van der Waals surface area contributed by atoms with E-state index in [-0.39, 0.29) is 12.5 Å². The third-order valence-electron chi connectivity index (χ3n) is 8.85. The Balaban J connectivity index is 2.51. The molecule has 0 aliphatic carbocycles. The molecule has 0 saturated carbocycles. The van der Waals surface area contributed by atoms with Crippen LogP contribution < -0.4 is 5.32 Å². The van der Waals surface area contributed by atoms with Crippen molar-refractivity contribution in [1.82, 2.24) is 5.32 Å². The molecule has 0 bridgehead atoms. The Labute approximate surface area is 297 Å². The molecule has 6 N–H and O–H groups in total. The van der Waals surface area contributed by atoms with Gasteiger partial charge in [0.25, 0.3) is 0 Å². The van der Waals surface area contributed by atoms with Crippen LogP contribution in [0.15, 0.2) is 48.6 Å². The van der Waals surface area contributed by atoms with Gasteiger partial charge in [0.2, 0.25) is 5.91 Å². The van der Waals surface area contributed by atoms with E-state index in [1.807, 2.05) is 6.08 Å². The number of allylic oxidation sites excluding steroid dienone is 7. The highest BCUT2D eigenvalue weighted by Crippen LogP contribution is 2.22. The maximum absolute atomic E-state index is 12.8. The van der Waals surface area contributed by atoms with E-state index in [4.69, 9.17) is 9.47 Å². The summed E-state index contributed by atoms with van der Waals surface area (Å²) in [5, 5.41) is 53.8. The zero-order valence-corrected chi connectivity index (χ0v) is 30.7. The highest BCUT2D eigenvalue weighted by Gasteiger charge is 2.44. The van der Waals surface area contributed by atoms with Gasteiger partial charge in [-0.25, -0.2) is 0 Å². The zero-order chi connectivity index (χ0) is 36.0. The number of nitrogens with one attached hydrogen (secondary N) is 1. The number of hydrogen-bond donors (Lipinski definition) is 6. The van der Waals surface area contributed by atoms with Gasteiger partial charge in [0, 0.05) is 6.42 Å². The third kappa shape index (κ3) is 22.6. The minimum absolute atomic E-state index is 0.205. The minimum atomic E-state index is -1.57. The summed E-state index contributed by atoms with van der Waals surface area (Å²) in [4.78, 5) is 12.8. The van der Waals surface area contributed by atoms with Crippen LogP contribution in [0.5, 0.6) is 0 Å². The number of amides is 1. The molecule has 7 unspecified atom stereocenters. The van der Waals surface area contributed by atoms with Crippen LogP contribution in [0, 0.1) is 0 Å². The number of unbranched alkanes of at least 4 members (excludes halogenated alkanes) is 14. The van der Waals surface area contributed by atoms with Crippen LogP contribution in [0.4, 0.5) is 0 Å². The minimum Gasteiger partial charge on any atom is -0.394 e. The molecular weight excluding hydrogens is 622 g/mol. The fourth-order valence-electron chi connectivity index (χ4n) is 5.65. The van der Waals surface area contributed by atoms with E-state index >= 15 is 0 Å². The fraction of sp³-hybridized carbons (Fsp3) is 0.775. The number of carbonyl (C=O) groups excluding carboxylic acids is 1. The normalized spacial score (nSPS) is 23.0. The van der Waals surface area contributed by atoms with Gasteiger partial charge in [-0.05, 0) is 70.6 Å². The number of hydrogen-bond acceptors (Lipinski definition) is 8. The Bertz CT molecular complexity index is 905. The second kappa shape index (κ2) is 30.9. The smallest absolute Gasteiger partial charge is 0.220 e.